The SMILES string of the molecule is CC(C)(C)C(O)C(=O)c1cnc2ccccc2c1. The first-order valence-electron chi connectivity index (χ1n) is 5.96. The van der Waals surface area contributed by atoms with E-state index in [4.69, 9.17) is 0 Å². The molecule has 1 aromatic heterocycles. The van der Waals surface area contributed by atoms with Gasteiger partial charge in [0.1, 0.15) is 6.10 Å². The first kappa shape index (κ1) is 12.7. The third-order valence-electron chi connectivity index (χ3n) is 2.94. The van der Waals surface area contributed by atoms with E-state index in [0.29, 0.717) is 5.56 Å². The second kappa shape index (κ2) is 4.50. The average Bonchev–Trinajstić information content (AvgIpc) is 2.35. The van der Waals surface area contributed by atoms with Gasteiger partial charge in [0.15, 0.2) is 5.78 Å². The van der Waals surface area contributed by atoms with Gasteiger partial charge in [-0.15, -0.1) is 0 Å². The van der Waals surface area contributed by atoms with Gasteiger partial charge in [0.05, 0.1) is 5.52 Å². The summed E-state index contributed by atoms with van der Waals surface area (Å²) in [7, 11) is 0. The van der Waals surface area contributed by atoms with Gasteiger partial charge in [-0.3, -0.25) is 9.78 Å². The van der Waals surface area contributed by atoms with Crippen molar-refractivity contribution in [3.8, 4) is 0 Å². The molecule has 2 rings (SSSR count). The molecule has 0 fully saturated rings. The van der Waals surface area contributed by atoms with E-state index in [1.54, 1.807) is 6.07 Å². The molecule has 1 aromatic carbocycles. The lowest BCUT2D eigenvalue weighted by atomic mass is 9.85. The molecule has 1 unspecified atom stereocenters. The Morgan fingerprint density at radius 1 is 1.28 bits per heavy atom. The molecule has 3 heteroatoms. The minimum atomic E-state index is -1.01. The van der Waals surface area contributed by atoms with E-state index in [9.17, 15) is 9.90 Å². The maximum Gasteiger partial charge on any atom is 0.193 e. The molecule has 0 amide bonds. The van der Waals surface area contributed by atoms with E-state index in [-0.39, 0.29) is 5.78 Å². The van der Waals surface area contributed by atoms with Crippen molar-refractivity contribution in [3.63, 3.8) is 0 Å². The van der Waals surface area contributed by atoms with E-state index in [0.717, 1.165) is 10.9 Å². The Labute approximate surface area is 106 Å². The molecule has 3 nitrogen and oxygen atoms in total. The Kier molecular flexibility index (Phi) is 3.18. The Morgan fingerprint density at radius 2 is 1.94 bits per heavy atom. The molecule has 0 aliphatic carbocycles. The number of rotatable bonds is 2. The molecule has 0 saturated heterocycles. The van der Waals surface area contributed by atoms with Gasteiger partial charge in [0.2, 0.25) is 0 Å². The Balaban J connectivity index is 2.40. The number of nitrogens with zero attached hydrogens (tertiary/aromatic N) is 1. The molecule has 1 atom stereocenters. The number of Topliss-reactive ketones (excluding diaryl/α,β-unsaturated/α-hetero) is 1. The smallest absolute Gasteiger partial charge is 0.193 e. The molecular formula is C15H17NO2. The van der Waals surface area contributed by atoms with Gasteiger partial charge in [-0.2, -0.15) is 0 Å². The number of para-hydroxylation sites is 1. The number of ketones is 1. The molecule has 0 radical (unpaired) electrons. The highest BCUT2D eigenvalue weighted by Crippen LogP contribution is 2.23. The standard InChI is InChI=1S/C15H17NO2/c1-15(2,3)14(18)13(17)11-8-10-6-4-5-7-12(10)16-9-11/h4-9,14,18H,1-3H3. The number of fused-ring (bicyclic) bond motifs is 1. The van der Waals surface area contributed by atoms with E-state index in [1.165, 1.54) is 6.20 Å². The molecule has 94 valence electrons. The van der Waals surface area contributed by atoms with Crippen molar-refractivity contribution in [1.82, 2.24) is 4.98 Å². The highest BCUT2D eigenvalue weighted by Gasteiger charge is 2.29. The first-order valence-corrected chi connectivity index (χ1v) is 5.96. The summed E-state index contributed by atoms with van der Waals surface area (Å²) in [6, 6.07) is 9.38. The van der Waals surface area contributed by atoms with Gasteiger partial charge in [-0.1, -0.05) is 39.0 Å². The highest BCUT2D eigenvalue weighted by atomic mass is 16.3. The maximum atomic E-state index is 12.1. The Hall–Kier alpha value is -1.74. The van der Waals surface area contributed by atoms with Crippen molar-refractivity contribution < 1.29 is 9.90 Å². The van der Waals surface area contributed by atoms with Crippen LogP contribution in [0.5, 0.6) is 0 Å². The summed E-state index contributed by atoms with van der Waals surface area (Å²) in [4.78, 5) is 16.4. The number of carbonyl (C=O) groups excluding carboxylic acids is 1. The van der Waals surface area contributed by atoms with Gasteiger partial charge in [0, 0.05) is 17.1 Å². The van der Waals surface area contributed by atoms with Crippen LogP contribution in [0.15, 0.2) is 36.5 Å². The predicted molar refractivity (Wildman–Crippen MR) is 71.5 cm³/mol. The second-order valence-corrected chi connectivity index (χ2v) is 5.55. The van der Waals surface area contributed by atoms with Gasteiger partial charge >= 0.3 is 0 Å². The quantitative estimate of drug-likeness (QED) is 0.825. The van der Waals surface area contributed by atoms with Crippen LogP contribution < -0.4 is 0 Å². The van der Waals surface area contributed by atoms with Crippen LogP contribution in [0, 0.1) is 5.41 Å². The van der Waals surface area contributed by atoms with Crippen LogP contribution in [-0.4, -0.2) is 22.0 Å². The lowest BCUT2D eigenvalue weighted by Gasteiger charge is -2.24. The van der Waals surface area contributed by atoms with Crippen LogP contribution in [-0.2, 0) is 0 Å². The monoisotopic (exact) mass is 243 g/mol. The van der Waals surface area contributed by atoms with Crippen molar-refractivity contribution in [3.05, 3.63) is 42.1 Å². The van der Waals surface area contributed by atoms with Gasteiger partial charge in [0.25, 0.3) is 0 Å². The van der Waals surface area contributed by atoms with Gasteiger partial charge in [-0.05, 0) is 17.5 Å². The second-order valence-electron chi connectivity index (χ2n) is 5.55. The van der Waals surface area contributed by atoms with Crippen LogP contribution in [0.1, 0.15) is 31.1 Å². The number of pyridine rings is 1. The predicted octanol–water partition coefficient (Wildman–Crippen LogP) is 2.82. The van der Waals surface area contributed by atoms with Crippen molar-refractivity contribution in [2.45, 2.75) is 26.9 Å². The average molecular weight is 243 g/mol. The molecule has 2 aromatic rings. The van der Waals surface area contributed by atoms with E-state index < -0.39 is 11.5 Å². The molecular weight excluding hydrogens is 226 g/mol. The van der Waals surface area contributed by atoms with Crippen LogP contribution in [0.25, 0.3) is 10.9 Å². The summed E-state index contributed by atoms with van der Waals surface area (Å²) >= 11 is 0. The normalized spacial score (nSPS) is 13.6. The summed E-state index contributed by atoms with van der Waals surface area (Å²) < 4.78 is 0. The molecule has 0 spiro atoms. The molecule has 0 saturated carbocycles. The van der Waals surface area contributed by atoms with Crippen molar-refractivity contribution >= 4 is 16.7 Å². The third-order valence-corrected chi connectivity index (χ3v) is 2.94. The van der Waals surface area contributed by atoms with Gasteiger partial charge < -0.3 is 5.11 Å². The number of benzene rings is 1. The molecule has 0 aliphatic rings. The number of aliphatic hydroxyl groups excluding tert-OH is 1. The zero-order valence-corrected chi connectivity index (χ0v) is 10.8. The third kappa shape index (κ3) is 2.41. The summed E-state index contributed by atoms with van der Waals surface area (Å²) in [6.45, 7) is 5.51. The largest absolute Gasteiger partial charge is 0.384 e. The van der Waals surface area contributed by atoms with Crippen LogP contribution in [0.2, 0.25) is 0 Å². The number of aliphatic hydroxyl groups is 1. The number of hydrogen-bond donors (Lipinski definition) is 1. The van der Waals surface area contributed by atoms with E-state index in [2.05, 4.69) is 4.98 Å². The first-order chi connectivity index (χ1) is 8.39. The highest BCUT2D eigenvalue weighted by molar-refractivity contribution is 6.01. The van der Waals surface area contributed by atoms with Crippen LogP contribution >= 0.6 is 0 Å². The minimum Gasteiger partial charge on any atom is -0.384 e. The fraction of sp³-hybridized carbons (Fsp3) is 0.333. The molecule has 1 N–H and O–H groups in total. The fourth-order valence-electron chi connectivity index (χ4n) is 1.76. The lowest BCUT2D eigenvalue weighted by molar-refractivity contribution is 0.0442. The molecule has 1 heterocycles. The number of hydrogen-bond acceptors (Lipinski definition) is 3. The van der Waals surface area contributed by atoms with E-state index in [1.807, 2.05) is 45.0 Å². The van der Waals surface area contributed by atoms with Crippen molar-refractivity contribution in [2.24, 2.45) is 5.41 Å². The van der Waals surface area contributed by atoms with Crippen LogP contribution in [0.3, 0.4) is 0 Å². The minimum absolute atomic E-state index is 0.277. The number of aromatic nitrogens is 1. The summed E-state index contributed by atoms with van der Waals surface area (Å²) in [6.07, 6.45) is 0.514. The zero-order chi connectivity index (χ0) is 13.3. The van der Waals surface area contributed by atoms with E-state index >= 15 is 0 Å². The Morgan fingerprint density at radius 3 is 2.61 bits per heavy atom. The topological polar surface area (TPSA) is 50.2 Å². The molecule has 0 aliphatic heterocycles. The maximum absolute atomic E-state index is 12.1. The zero-order valence-electron chi connectivity index (χ0n) is 10.8. The Bertz CT molecular complexity index is 584. The molecule has 0 bridgehead atoms. The fourth-order valence-corrected chi connectivity index (χ4v) is 1.76. The van der Waals surface area contributed by atoms with Crippen molar-refractivity contribution in [1.29, 1.82) is 0 Å². The summed E-state index contributed by atoms with van der Waals surface area (Å²) in [5.41, 5.74) is 0.832. The number of carbonyl (C=O) groups is 1. The van der Waals surface area contributed by atoms with Crippen LogP contribution in [0.4, 0.5) is 0 Å². The van der Waals surface area contributed by atoms with Gasteiger partial charge in [-0.25, -0.2) is 0 Å². The summed E-state index contributed by atoms with van der Waals surface area (Å²) in [5.74, 6) is -0.277. The summed E-state index contributed by atoms with van der Waals surface area (Å²) in [5, 5.41) is 10.9. The lowest BCUT2D eigenvalue weighted by Crippen LogP contribution is -2.34. The molecule has 18 heavy (non-hydrogen) atoms. The van der Waals surface area contributed by atoms with Crippen molar-refractivity contribution in [2.75, 3.05) is 0 Å².